The lowest BCUT2D eigenvalue weighted by Gasteiger charge is -2.32. The average Bonchev–Trinajstić information content (AvgIpc) is 4.14. The molecule has 14 nitrogen and oxygen atoms in total. The molecule has 0 saturated carbocycles. The van der Waals surface area contributed by atoms with Crippen molar-refractivity contribution in [3.05, 3.63) is 143 Å². The Labute approximate surface area is 357 Å². The summed E-state index contributed by atoms with van der Waals surface area (Å²) >= 11 is 6.46. The highest BCUT2D eigenvalue weighted by Crippen LogP contribution is 2.37. The molecule has 0 spiro atoms. The number of hydrogen-bond acceptors (Lipinski definition) is 7. The lowest BCUT2D eigenvalue weighted by molar-refractivity contribution is -0.137. The fraction of sp³-hybridized carbons (Fsp3) is 0.261. The summed E-state index contributed by atoms with van der Waals surface area (Å²) in [6.07, 6.45) is 4.62. The third kappa shape index (κ3) is 8.44. The van der Waals surface area contributed by atoms with Crippen molar-refractivity contribution in [3.63, 3.8) is 0 Å². The summed E-state index contributed by atoms with van der Waals surface area (Å²) in [5, 5.41) is 12.8. The summed E-state index contributed by atoms with van der Waals surface area (Å²) in [5.74, 6) is 0.751. The van der Waals surface area contributed by atoms with E-state index in [4.69, 9.17) is 16.3 Å². The summed E-state index contributed by atoms with van der Waals surface area (Å²) in [5.41, 5.74) is 6.65. The van der Waals surface area contributed by atoms with E-state index in [0.29, 0.717) is 53.7 Å². The van der Waals surface area contributed by atoms with E-state index in [1.807, 2.05) is 54.6 Å². The zero-order chi connectivity index (χ0) is 42.6. The van der Waals surface area contributed by atoms with Gasteiger partial charge in [0.15, 0.2) is 0 Å². The number of carbonyl (C=O) groups excluding carboxylic acids is 3. The number of nitrogens with zero attached hydrogens (tertiary/aromatic N) is 5. The molecule has 2 aliphatic rings. The highest BCUT2D eigenvalue weighted by atomic mass is 35.5. The number of rotatable bonds is 11. The van der Waals surface area contributed by atoms with Gasteiger partial charge in [-0.2, -0.15) is 0 Å². The quantitative estimate of drug-likeness (QED) is 0.100. The van der Waals surface area contributed by atoms with E-state index in [9.17, 15) is 24.3 Å². The Bertz CT molecular complexity index is 2530. The zero-order valence-electron chi connectivity index (χ0n) is 33.6. The fourth-order valence-corrected chi connectivity index (χ4v) is 8.62. The first kappa shape index (κ1) is 40.8. The van der Waals surface area contributed by atoms with Gasteiger partial charge in [0.25, 0.3) is 11.8 Å². The first-order valence-corrected chi connectivity index (χ1v) is 20.5. The molecule has 4 amide bonds. The molecule has 4 heterocycles. The van der Waals surface area contributed by atoms with Gasteiger partial charge in [-0.15, -0.1) is 0 Å². The second kappa shape index (κ2) is 17.7. The van der Waals surface area contributed by atoms with Crippen molar-refractivity contribution in [3.8, 4) is 33.6 Å². The van der Waals surface area contributed by atoms with Crippen LogP contribution in [0.1, 0.15) is 72.6 Å². The van der Waals surface area contributed by atoms with Crippen LogP contribution in [0.25, 0.3) is 33.6 Å². The number of carboxylic acid groups (broad SMARTS) is 1. The summed E-state index contributed by atoms with van der Waals surface area (Å²) in [6.45, 7) is 1.01. The molecule has 2 saturated heterocycles. The van der Waals surface area contributed by atoms with E-state index >= 15 is 0 Å². The van der Waals surface area contributed by atoms with E-state index < -0.39 is 24.3 Å². The minimum absolute atomic E-state index is 0.276. The molecule has 2 fully saturated rings. The van der Waals surface area contributed by atoms with E-state index in [2.05, 4.69) is 25.3 Å². The van der Waals surface area contributed by atoms with Crippen molar-refractivity contribution in [2.75, 3.05) is 27.2 Å². The third-order valence-corrected chi connectivity index (χ3v) is 11.9. The number of imidazole rings is 2. The number of benzene rings is 4. The van der Waals surface area contributed by atoms with E-state index in [0.717, 1.165) is 51.4 Å². The second-order valence-corrected chi connectivity index (χ2v) is 15.6. The molecule has 0 unspecified atom stereocenters. The largest absolute Gasteiger partial charge is 0.465 e. The monoisotopic (exact) mass is 840 g/mol. The number of methoxy groups -OCH3 is 1. The number of aromatic amines is 2. The number of likely N-dealkylation sites (N-methyl/N-ethyl adjacent to an activating group) is 1. The van der Waals surface area contributed by atoms with Crippen LogP contribution in [-0.2, 0) is 14.3 Å². The number of nitrogens with one attached hydrogen (secondary N) is 3. The van der Waals surface area contributed by atoms with Gasteiger partial charge in [-0.1, -0.05) is 109 Å². The summed E-state index contributed by atoms with van der Waals surface area (Å²) in [6, 6.07) is 29.6. The van der Waals surface area contributed by atoms with Crippen molar-refractivity contribution < 1.29 is 29.0 Å². The summed E-state index contributed by atoms with van der Waals surface area (Å²) in [7, 11) is 2.67. The van der Waals surface area contributed by atoms with Gasteiger partial charge in [0.05, 0.1) is 43.0 Å². The van der Waals surface area contributed by atoms with Crippen molar-refractivity contribution >= 4 is 35.6 Å². The van der Waals surface area contributed by atoms with Gasteiger partial charge in [0.1, 0.15) is 23.7 Å². The Morgan fingerprint density at radius 3 is 1.74 bits per heavy atom. The first-order chi connectivity index (χ1) is 29.6. The van der Waals surface area contributed by atoms with Crippen LogP contribution in [0.2, 0.25) is 5.02 Å². The topological polar surface area (TPSA) is 177 Å². The lowest BCUT2D eigenvalue weighted by atomic mass is 10.0. The SMILES string of the molecule is COC(=O)N[C@@H](C(=O)N1CCC[C@H]1c1ncc(-c2ccc(-c3ccc(-c4cnc([C@@H]5CCCN5C(=O)[C@@H](c5ccccc5)N(C)C(=O)O)[nH]4)cc3)cc2)[nH]1)c1ccccc1Cl. The maximum atomic E-state index is 14.0. The summed E-state index contributed by atoms with van der Waals surface area (Å²) in [4.78, 5) is 73.0. The molecule has 0 radical (unpaired) electrons. The predicted octanol–water partition coefficient (Wildman–Crippen LogP) is 8.56. The normalized spacial score (nSPS) is 17.2. The van der Waals surface area contributed by atoms with Gasteiger partial charge < -0.3 is 34.9 Å². The number of amides is 4. The van der Waals surface area contributed by atoms with Crippen molar-refractivity contribution in [1.29, 1.82) is 0 Å². The van der Waals surface area contributed by atoms with Crippen LogP contribution < -0.4 is 5.32 Å². The van der Waals surface area contributed by atoms with Crippen LogP contribution in [0.4, 0.5) is 9.59 Å². The van der Waals surface area contributed by atoms with Crippen LogP contribution in [-0.4, -0.2) is 91.0 Å². The maximum absolute atomic E-state index is 14.0. The molecular formula is C46H45ClN8O6. The predicted molar refractivity (Wildman–Crippen MR) is 229 cm³/mol. The van der Waals surface area contributed by atoms with E-state index in [1.165, 1.54) is 14.2 Å². The number of alkyl carbamates (subject to hydrolysis) is 1. The van der Waals surface area contributed by atoms with Crippen LogP contribution in [0, 0.1) is 0 Å². The standard InChI is InChI=1S/C46H45ClN8O6/c1-53(46(59)60)40(32-10-4-3-5-11-32)44(57)55-25-9-15-38(55)42-49-27-36(51-42)31-22-18-29(19-23-31)28-16-20-30(21-17-28)35-26-48-41(50-35)37-14-8-24-54(37)43(56)39(52-45(58)61-2)33-12-6-7-13-34(33)47/h3-7,10-13,16-23,26-27,37-40H,8-9,14-15,24-25H2,1-2H3,(H,48,50)(H,49,51)(H,52,58)(H,59,60)/t37-,38-,39+,40+/m0/s1. The van der Waals surface area contributed by atoms with Crippen LogP contribution in [0.15, 0.2) is 116 Å². The van der Waals surface area contributed by atoms with E-state index in [1.54, 1.807) is 70.7 Å². The van der Waals surface area contributed by atoms with Gasteiger partial charge in [0.2, 0.25) is 0 Å². The average molecular weight is 841 g/mol. The lowest BCUT2D eigenvalue weighted by Crippen LogP contribution is -2.43. The van der Waals surface area contributed by atoms with Crippen molar-refractivity contribution in [2.24, 2.45) is 0 Å². The number of carbonyl (C=O) groups is 4. The Morgan fingerprint density at radius 1 is 0.738 bits per heavy atom. The van der Waals surface area contributed by atoms with Gasteiger partial charge >= 0.3 is 12.2 Å². The number of halogens is 1. The minimum Gasteiger partial charge on any atom is -0.465 e. The number of ether oxygens (including phenoxy) is 1. The fourth-order valence-electron chi connectivity index (χ4n) is 8.38. The van der Waals surface area contributed by atoms with Gasteiger partial charge in [0, 0.05) is 30.7 Å². The molecule has 2 aliphatic heterocycles. The molecule has 61 heavy (non-hydrogen) atoms. The Kier molecular flexibility index (Phi) is 11.9. The van der Waals surface area contributed by atoms with Crippen molar-refractivity contribution in [2.45, 2.75) is 49.9 Å². The zero-order valence-corrected chi connectivity index (χ0v) is 34.4. The third-order valence-electron chi connectivity index (χ3n) is 11.6. The molecule has 4 aromatic carbocycles. The molecule has 0 aliphatic carbocycles. The number of H-pyrrole nitrogens is 2. The highest BCUT2D eigenvalue weighted by molar-refractivity contribution is 6.31. The molecule has 2 aromatic heterocycles. The van der Waals surface area contributed by atoms with E-state index in [-0.39, 0.29) is 23.9 Å². The molecule has 6 aromatic rings. The molecule has 312 valence electrons. The molecular weight excluding hydrogens is 796 g/mol. The van der Waals surface area contributed by atoms with Crippen LogP contribution in [0.3, 0.4) is 0 Å². The Morgan fingerprint density at radius 2 is 1.23 bits per heavy atom. The number of likely N-dealkylation sites (tertiary alicyclic amines) is 2. The smallest absolute Gasteiger partial charge is 0.407 e. The van der Waals surface area contributed by atoms with Gasteiger partial charge in [-0.3, -0.25) is 14.5 Å². The van der Waals surface area contributed by atoms with Gasteiger partial charge in [-0.05, 0) is 59.6 Å². The van der Waals surface area contributed by atoms with Crippen molar-refractivity contribution in [1.82, 2.24) is 40.0 Å². The van der Waals surface area contributed by atoms with Crippen LogP contribution >= 0.6 is 11.6 Å². The molecule has 4 N–H and O–H groups in total. The Balaban J connectivity index is 0.937. The van der Waals surface area contributed by atoms with Crippen LogP contribution in [0.5, 0.6) is 0 Å². The molecule has 8 rings (SSSR count). The molecule has 4 atom stereocenters. The highest BCUT2D eigenvalue weighted by Gasteiger charge is 2.40. The molecule has 0 bridgehead atoms. The second-order valence-electron chi connectivity index (χ2n) is 15.2. The first-order valence-electron chi connectivity index (χ1n) is 20.1. The number of aromatic nitrogens is 4. The molecule has 15 heteroatoms. The van der Waals surface area contributed by atoms with Gasteiger partial charge in [-0.25, -0.2) is 19.6 Å². The number of hydrogen-bond donors (Lipinski definition) is 4. The minimum atomic E-state index is -1.18. The Hall–Kier alpha value is -6.93. The summed E-state index contributed by atoms with van der Waals surface area (Å²) < 4.78 is 4.82. The maximum Gasteiger partial charge on any atom is 0.407 e.